The summed E-state index contributed by atoms with van der Waals surface area (Å²) in [5, 5.41) is 5.85. The fraction of sp³-hybridized carbons (Fsp3) is 0. The van der Waals surface area contributed by atoms with Gasteiger partial charge in [0.2, 0.25) is 0 Å². The van der Waals surface area contributed by atoms with Gasteiger partial charge in [-0.2, -0.15) is 0 Å². The lowest BCUT2D eigenvalue weighted by atomic mass is 10.2. The molecule has 5 nitrogen and oxygen atoms in total. The van der Waals surface area contributed by atoms with E-state index in [1.807, 2.05) is 0 Å². The van der Waals surface area contributed by atoms with Gasteiger partial charge in [0.1, 0.15) is 11.6 Å². The second-order valence-corrected chi connectivity index (χ2v) is 4.40. The van der Waals surface area contributed by atoms with Crippen molar-refractivity contribution in [3.8, 4) is 11.3 Å². The molecular formula is C15H9F2N3O2. The van der Waals surface area contributed by atoms with Crippen LogP contribution in [0.25, 0.3) is 11.3 Å². The maximum Gasteiger partial charge on any atom is 0.277 e. The van der Waals surface area contributed by atoms with Gasteiger partial charge in [-0.05, 0) is 24.3 Å². The van der Waals surface area contributed by atoms with Gasteiger partial charge in [-0.3, -0.25) is 9.78 Å². The highest BCUT2D eigenvalue weighted by atomic mass is 19.1. The molecule has 22 heavy (non-hydrogen) atoms. The maximum atomic E-state index is 13.5. The topological polar surface area (TPSA) is 68.0 Å². The average molecular weight is 301 g/mol. The number of anilines is 1. The second kappa shape index (κ2) is 5.72. The summed E-state index contributed by atoms with van der Waals surface area (Å²) in [6, 6.07) is 7.61. The molecule has 0 aliphatic carbocycles. The molecule has 3 rings (SSSR count). The zero-order valence-corrected chi connectivity index (χ0v) is 11.1. The van der Waals surface area contributed by atoms with Gasteiger partial charge in [-0.15, -0.1) is 0 Å². The summed E-state index contributed by atoms with van der Waals surface area (Å²) < 4.78 is 31.6. The van der Waals surface area contributed by atoms with E-state index < -0.39 is 17.5 Å². The van der Waals surface area contributed by atoms with E-state index in [1.54, 1.807) is 24.5 Å². The van der Waals surface area contributed by atoms with Crippen molar-refractivity contribution in [1.29, 1.82) is 0 Å². The maximum absolute atomic E-state index is 13.5. The van der Waals surface area contributed by atoms with Crippen molar-refractivity contribution >= 4 is 11.6 Å². The summed E-state index contributed by atoms with van der Waals surface area (Å²) in [5.74, 6) is -1.76. The Bertz CT molecular complexity index is 819. The van der Waals surface area contributed by atoms with Crippen LogP contribution in [0.15, 0.2) is 53.3 Å². The van der Waals surface area contributed by atoms with Gasteiger partial charge < -0.3 is 9.84 Å². The van der Waals surface area contributed by atoms with E-state index in [9.17, 15) is 13.6 Å². The number of nitrogens with zero attached hydrogens (tertiary/aromatic N) is 2. The van der Waals surface area contributed by atoms with E-state index in [2.05, 4.69) is 15.5 Å². The third-order valence-corrected chi connectivity index (χ3v) is 2.87. The number of halogens is 2. The molecule has 0 saturated carbocycles. The van der Waals surface area contributed by atoms with Crippen LogP contribution in [0.1, 0.15) is 10.5 Å². The normalized spacial score (nSPS) is 10.5. The van der Waals surface area contributed by atoms with Crippen molar-refractivity contribution in [2.45, 2.75) is 0 Å². The van der Waals surface area contributed by atoms with Crippen LogP contribution in [-0.2, 0) is 0 Å². The monoisotopic (exact) mass is 301 g/mol. The molecule has 0 atom stereocenters. The van der Waals surface area contributed by atoms with Crippen LogP contribution in [0.4, 0.5) is 14.5 Å². The summed E-state index contributed by atoms with van der Waals surface area (Å²) >= 11 is 0. The van der Waals surface area contributed by atoms with E-state index >= 15 is 0 Å². The first-order valence-electron chi connectivity index (χ1n) is 6.27. The minimum absolute atomic E-state index is 0.0532. The first-order chi connectivity index (χ1) is 10.6. The standard InChI is InChI=1S/C15H9F2N3O2/c16-10-3-4-11(17)12(6-10)19-15(21)13-7-14(22-20-13)9-2-1-5-18-8-9/h1-8H,(H,19,21). The van der Waals surface area contributed by atoms with Crippen LogP contribution in [-0.4, -0.2) is 16.0 Å². The molecule has 0 unspecified atom stereocenters. The molecule has 7 heteroatoms. The number of amides is 1. The summed E-state index contributed by atoms with van der Waals surface area (Å²) in [6.45, 7) is 0. The Labute approximate surface area is 123 Å². The van der Waals surface area contributed by atoms with Crippen molar-refractivity contribution in [2.24, 2.45) is 0 Å². The first-order valence-corrected chi connectivity index (χ1v) is 6.27. The zero-order valence-electron chi connectivity index (χ0n) is 11.1. The van der Waals surface area contributed by atoms with E-state index in [-0.39, 0.29) is 11.4 Å². The molecule has 1 amide bonds. The highest BCUT2D eigenvalue weighted by molar-refractivity contribution is 6.03. The quantitative estimate of drug-likeness (QED) is 0.806. The highest BCUT2D eigenvalue weighted by Gasteiger charge is 2.15. The molecule has 2 aromatic heterocycles. The molecule has 3 aromatic rings. The van der Waals surface area contributed by atoms with Gasteiger partial charge in [-0.25, -0.2) is 8.78 Å². The van der Waals surface area contributed by atoms with Crippen molar-refractivity contribution in [3.63, 3.8) is 0 Å². The second-order valence-electron chi connectivity index (χ2n) is 4.40. The number of pyridine rings is 1. The minimum Gasteiger partial charge on any atom is -0.355 e. The number of benzene rings is 1. The van der Waals surface area contributed by atoms with Crippen LogP contribution < -0.4 is 5.32 Å². The molecule has 110 valence electrons. The smallest absolute Gasteiger partial charge is 0.277 e. The molecular weight excluding hydrogens is 292 g/mol. The van der Waals surface area contributed by atoms with Crippen molar-refractivity contribution in [3.05, 3.63) is 66.1 Å². The Morgan fingerprint density at radius 2 is 2.05 bits per heavy atom. The third-order valence-electron chi connectivity index (χ3n) is 2.87. The Hall–Kier alpha value is -3.09. The van der Waals surface area contributed by atoms with Gasteiger partial charge in [0, 0.05) is 30.1 Å². The lowest BCUT2D eigenvalue weighted by Gasteiger charge is -2.03. The largest absolute Gasteiger partial charge is 0.355 e. The van der Waals surface area contributed by atoms with E-state index in [1.165, 1.54) is 6.07 Å². The van der Waals surface area contributed by atoms with Crippen LogP contribution in [0.3, 0.4) is 0 Å². The van der Waals surface area contributed by atoms with Crippen LogP contribution in [0.5, 0.6) is 0 Å². The predicted molar refractivity (Wildman–Crippen MR) is 74.0 cm³/mol. The van der Waals surface area contributed by atoms with Gasteiger partial charge in [0.05, 0.1) is 5.69 Å². The average Bonchev–Trinajstić information content (AvgIpc) is 3.02. The Balaban J connectivity index is 1.81. The van der Waals surface area contributed by atoms with Crippen LogP contribution in [0.2, 0.25) is 0 Å². The molecule has 0 aliphatic heterocycles. The van der Waals surface area contributed by atoms with Gasteiger partial charge >= 0.3 is 0 Å². The number of carbonyl (C=O) groups is 1. The molecule has 0 saturated heterocycles. The Morgan fingerprint density at radius 1 is 1.18 bits per heavy atom. The molecule has 0 radical (unpaired) electrons. The number of hydrogen-bond donors (Lipinski definition) is 1. The minimum atomic E-state index is -0.745. The predicted octanol–water partition coefficient (Wildman–Crippen LogP) is 3.27. The van der Waals surface area contributed by atoms with E-state index in [4.69, 9.17) is 4.52 Å². The number of rotatable bonds is 3. The first kappa shape index (κ1) is 13.9. The molecule has 0 fully saturated rings. The lowest BCUT2D eigenvalue weighted by molar-refractivity contribution is 0.101. The van der Waals surface area contributed by atoms with E-state index in [0.29, 0.717) is 11.3 Å². The SMILES string of the molecule is O=C(Nc1cc(F)ccc1F)c1cc(-c2cccnc2)on1. The fourth-order valence-electron chi connectivity index (χ4n) is 1.81. The van der Waals surface area contributed by atoms with Gasteiger partial charge in [0.15, 0.2) is 11.5 Å². The summed E-state index contributed by atoms with van der Waals surface area (Å²) in [4.78, 5) is 15.9. The summed E-state index contributed by atoms with van der Waals surface area (Å²) in [7, 11) is 0. The number of hydrogen-bond acceptors (Lipinski definition) is 4. The summed E-state index contributed by atoms with van der Waals surface area (Å²) in [5.41, 5.74) is 0.324. The van der Waals surface area contributed by atoms with Crippen LogP contribution >= 0.6 is 0 Å². The molecule has 0 aliphatic rings. The molecule has 1 N–H and O–H groups in total. The fourth-order valence-corrected chi connectivity index (χ4v) is 1.81. The molecule has 0 spiro atoms. The van der Waals surface area contributed by atoms with Gasteiger partial charge in [-0.1, -0.05) is 5.16 Å². The molecule has 0 bridgehead atoms. The summed E-state index contributed by atoms with van der Waals surface area (Å²) in [6.07, 6.45) is 3.15. The van der Waals surface area contributed by atoms with Crippen LogP contribution in [0, 0.1) is 11.6 Å². The number of nitrogens with one attached hydrogen (secondary N) is 1. The van der Waals surface area contributed by atoms with Crippen molar-refractivity contribution in [1.82, 2.24) is 10.1 Å². The number of carbonyl (C=O) groups excluding carboxylic acids is 1. The third kappa shape index (κ3) is 2.83. The molecule has 1 aromatic carbocycles. The zero-order chi connectivity index (χ0) is 15.5. The Kier molecular flexibility index (Phi) is 3.61. The van der Waals surface area contributed by atoms with E-state index in [0.717, 1.165) is 18.2 Å². The molecule has 2 heterocycles. The highest BCUT2D eigenvalue weighted by Crippen LogP contribution is 2.20. The number of aromatic nitrogens is 2. The van der Waals surface area contributed by atoms with Gasteiger partial charge in [0.25, 0.3) is 5.91 Å². The Morgan fingerprint density at radius 3 is 2.82 bits per heavy atom. The van der Waals surface area contributed by atoms with Crippen molar-refractivity contribution in [2.75, 3.05) is 5.32 Å². The lowest BCUT2D eigenvalue weighted by Crippen LogP contribution is -2.13. The van der Waals surface area contributed by atoms with Crippen molar-refractivity contribution < 1.29 is 18.1 Å².